The van der Waals surface area contributed by atoms with Crippen LogP contribution >= 0.6 is 24.0 Å². The smallest absolute Gasteiger partial charge is 0.107 e. The van der Waals surface area contributed by atoms with Crippen LogP contribution in [0.4, 0.5) is 5.69 Å². The predicted octanol–water partition coefficient (Wildman–Crippen LogP) is 4.03. The van der Waals surface area contributed by atoms with Gasteiger partial charge in [-0.15, -0.1) is 11.8 Å². The zero-order valence-electron chi connectivity index (χ0n) is 11.6. The molecule has 1 aromatic carbocycles. The maximum Gasteiger partial charge on any atom is 0.107 e. The molecule has 0 saturated heterocycles. The first kappa shape index (κ1) is 14.7. The summed E-state index contributed by atoms with van der Waals surface area (Å²) in [5.41, 5.74) is 7.98. The highest BCUT2D eigenvalue weighted by Gasteiger charge is 2.22. The zero-order valence-corrected chi connectivity index (χ0v) is 13.2. The van der Waals surface area contributed by atoms with Gasteiger partial charge in [0, 0.05) is 22.2 Å². The lowest BCUT2D eigenvalue weighted by molar-refractivity contribution is 0.482. The number of rotatable bonds is 5. The molecule has 1 saturated carbocycles. The number of hydrogen-bond acceptors (Lipinski definition) is 3. The van der Waals surface area contributed by atoms with Gasteiger partial charge in [-0.1, -0.05) is 31.1 Å². The third-order valence-electron chi connectivity index (χ3n) is 3.98. The van der Waals surface area contributed by atoms with Crippen LogP contribution in [0.15, 0.2) is 23.1 Å². The van der Waals surface area contributed by atoms with Gasteiger partial charge in [0.25, 0.3) is 0 Å². The van der Waals surface area contributed by atoms with Gasteiger partial charge in [-0.2, -0.15) is 0 Å². The van der Waals surface area contributed by atoms with Gasteiger partial charge in [-0.05, 0) is 44.1 Å². The van der Waals surface area contributed by atoms with Crippen molar-refractivity contribution in [3.63, 3.8) is 0 Å². The molecule has 0 radical (unpaired) electrons. The third-order valence-corrected chi connectivity index (χ3v) is 4.97. The van der Waals surface area contributed by atoms with Crippen molar-refractivity contribution in [1.29, 1.82) is 0 Å². The molecular weight excluding hydrogens is 272 g/mol. The Kier molecular flexibility index (Phi) is 5.11. The summed E-state index contributed by atoms with van der Waals surface area (Å²) in [5.74, 6) is 0.775. The Balaban J connectivity index is 2.21. The van der Waals surface area contributed by atoms with E-state index < -0.39 is 0 Å². The van der Waals surface area contributed by atoms with Crippen LogP contribution in [0.2, 0.25) is 0 Å². The van der Waals surface area contributed by atoms with Gasteiger partial charge in [0.2, 0.25) is 0 Å². The molecule has 19 heavy (non-hydrogen) atoms. The molecule has 0 spiro atoms. The van der Waals surface area contributed by atoms with Gasteiger partial charge in [-0.25, -0.2) is 0 Å². The molecule has 1 aromatic rings. The maximum atomic E-state index is 5.90. The summed E-state index contributed by atoms with van der Waals surface area (Å²) < 4.78 is 0. The van der Waals surface area contributed by atoms with Gasteiger partial charge < -0.3 is 11.1 Å². The molecule has 1 aliphatic rings. The number of benzene rings is 1. The number of thiocarbonyl (C=S) groups is 1. The van der Waals surface area contributed by atoms with E-state index in [4.69, 9.17) is 18.0 Å². The minimum Gasteiger partial charge on any atom is -0.389 e. The van der Waals surface area contributed by atoms with Crippen LogP contribution in [-0.2, 0) is 0 Å². The standard InChI is InChI=1S/C15H22N2S2/c1-10(11-6-3-4-7-11)17-12-8-5-9-13(19-2)14(12)15(16)18/h5,8-11,17H,3-4,6-7H2,1-2H3,(H2,16,18). The molecule has 0 amide bonds. The van der Waals surface area contributed by atoms with Crippen LogP contribution in [0.25, 0.3) is 0 Å². The van der Waals surface area contributed by atoms with Gasteiger partial charge in [0.15, 0.2) is 0 Å². The Labute approximate surface area is 125 Å². The van der Waals surface area contributed by atoms with Crippen molar-refractivity contribution in [1.82, 2.24) is 0 Å². The maximum absolute atomic E-state index is 5.90. The first-order chi connectivity index (χ1) is 9.13. The molecule has 1 aliphatic carbocycles. The average molecular weight is 294 g/mol. The quantitative estimate of drug-likeness (QED) is 0.635. The number of hydrogen-bond donors (Lipinski definition) is 2. The molecule has 0 aromatic heterocycles. The monoisotopic (exact) mass is 294 g/mol. The van der Waals surface area contributed by atoms with E-state index in [2.05, 4.69) is 36.7 Å². The molecular formula is C15H22N2S2. The Morgan fingerprint density at radius 1 is 1.42 bits per heavy atom. The fourth-order valence-corrected chi connectivity index (χ4v) is 3.82. The van der Waals surface area contributed by atoms with Gasteiger partial charge in [0.05, 0.1) is 0 Å². The second-order valence-corrected chi connectivity index (χ2v) is 6.51. The molecule has 2 nitrogen and oxygen atoms in total. The van der Waals surface area contributed by atoms with Gasteiger partial charge in [-0.3, -0.25) is 0 Å². The summed E-state index contributed by atoms with van der Waals surface area (Å²) in [6.45, 7) is 2.27. The first-order valence-electron chi connectivity index (χ1n) is 6.87. The summed E-state index contributed by atoms with van der Waals surface area (Å²) in [7, 11) is 0. The summed E-state index contributed by atoms with van der Waals surface area (Å²) in [6.07, 6.45) is 7.45. The highest BCUT2D eigenvalue weighted by molar-refractivity contribution is 7.98. The summed E-state index contributed by atoms with van der Waals surface area (Å²) in [6, 6.07) is 6.70. The highest BCUT2D eigenvalue weighted by atomic mass is 32.2. The van der Waals surface area contributed by atoms with Crippen LogP contribution < -0.4 is 11.1 Å². The molecule has 4 heteroatoms. The van der Waals surface area contributed by atoms with Crippen molar-refractivity contribution < 1.29 is 0 Å². The second kappa shape index (κ2) is 6.62. The number of nitrogens with one attached hydrogen (secondary N) is 1. The van der Waals surface area contributed by atoms with Crippen LogP contribution in [0, 0.1) is 5.92 Å². The Bertz CT molecular complexity index is 453. The molecule has 1 unspecified atom stereocenters. The lowest BCUT2D eigenvalue weighted by Crippen LogP contribution is -2.26. The molecule has 2 rings (SSSR count). The molecule has 1 atom stereocenters. The molecule has 0 aliphatic heterocycles. The van der Waals surface area contributed by atoms with Crippen molar-refractivity contribution in [3.8, 4) is 0 Å². The van der Waals surface area contributed by atoms with E-state index >= 15 is 0 Å². The van der Waals surface area contributed by atoms with Crippen molar-refractivity contribution >= 4 is 34.7 Å². The molecule has 3 N–H and O–H groups in total. The van der Waals surface area contributed by atoms with Gasteiger partial charge >= 0.3 is 0 Å². The Hall–Kier alpha value is -0.740. The number of anilines is 1. The normalized spacial score (nSPS) is 17.4. The molecule has 0 bridgehead atoms. The second-order valence-electron chi connectivity index (χ2n) is 5.22. The largest absolute Gasteiger partial charge is 0.389 e. The van der Waals surface area contributed by atoms with Crippen molar-refractivity contribution in [2.75, 3.05) is 11.6 Å². The summed E-state index contributed by atoms with van der Waals surface area (Å²) >= 11 is 6.91. The lowest BCUT2D eigenvalue weighted by Gasteiger charge is -2.24. The van der Waals surface area contributed by atoms with E-state index in [1.54, 1.807) is 11.8 Å². The van der Waals surface area contributed by atoms with E-state index in [9.17, 15) is 0 Å². The fraction of sp³-hybridized carbons (Fsp3) is 0.533. The first-order valence-corrected chi connectivity index (χ1v) is 8.50. The fourth-order valence-electron chi connectivity index (χ4n) is 2.90. The van der Waals surface area contributed by atoms with Crippen LogP contribution in [0.5, 0.6) is 0 Å². The highest BCUT2D eigenvalue weighted by Crippen LogP contribution is 2.32. The predicted molar refractivity (Wildman–Crippen MR) is 89.2 cm³/mol. The van der Waals surface area contributed by atoms with E-state index in [1.165, 1.54) is 25.7 Å². The lowest BCUT2D eigenvalue weighted by atomic mass is 9.99. The van der Waals surface area contributed by atoms with Crippen LogP contribution in [-0.4, -0.2) is 17.3 Å². The van der Waals surface area contributed by atoms with Crippen LogP contribution in [0.3, 0.4) is 0 Å². The van der Waals surface area contributed by atoms with Gasteiger partial charge in [0.1, 0.15) is 4.99 Å². The minimum atomic E-state index is 0.478. The molecule has 104 valence electrons. The van der Waals surface area contributed by atoms with Crippen molar-refractivity contribution in [2.45, 2.75) is 43.5 Å². The van der Waals surface area contributed by atoms with Crippen molar-refractivity contribution in [2.24, 2.45) is 11.7 Å². The average Bonchev–Trinajstić information content (AvgIpc) is 2.92. The number of thioether (sulfide) groups is 1. The van der Waals surface area contributed by atoms with E-state index in [0.29, 0.717) is 11.0 Å². The summed E-state index contributed by atoms with van der Waals surface area (Å²) in [5, 5.41) is 3.63. The summed E-state index contributed by atoms with van der Waals surface area (Å²) in [4.78, 5) is 1.63. The van der Waals surface area contributed by atoms with Crippen LogP contribution in [0.1, 0.15) is 38.2 Å². The topological polar surface area (TPSA) is 38.0 Å². The minimum absolute atomic E-state index is 0.478. The molecule has 1 fully saturated rings. The molecule has 0 heterocycles. The SMILES string of the molecule is CSc1cccc(NC(C)C2CCCC2)c1C(N)=S. The Morgan fingerprint density at radius 2 is 2.11 bits per heavy atom. The third kappa shape index (κ3) is 3.42. The van der Waals surface area contributed by atoms with Crippen molar-refractivity contribution in [3.05, 3.63) is 23.8 Å². The van der Waals surface area contributed by atoms with E-state index in [1.807, 2.05) is 0 Å². The van der Waals surface area contributed by atoms with E-state index in [0.717, 1.165) is 22.1 Å². The number of nitrogens with two attached hydrogens (primary N) is 1. The zero-order chi connectivity index (χ0) is 13.8. The Morgan fingerprint density at radius 3 is 2.68 bits per heavy atom. The van der Waals surface area contributed by atoms with E-state index in [-0.39, 0.29) is 0 Å².